The second-order valence-electron chi connectivity index (χ2n) is 5.66. The van der Waals surface area contributed by atoms with Crippen molar-refractivity contribution in [2.45, 2.75) is 32.4 Å². The van der Waals surface area contributed by atoms with Crippen LogP contribution in [0.1, 0.15) is 37.1 Å². The van der Waals surface area contributed by atoms with Crippen LogP contribution in [0.2, 0.25) is 0 Å². The Kier molecular flexibility index (Phi) is 4.24. The summed E-state index contributed by atoms with van der Waals surface area (Å²) in [6, 6.07) is 4.09. The smallest absolute Gasteiger partial charge is 0.224 e. The van der Waals surface area contributed by atoms with E-state index in [1.54, 1.807) is 0 Å². The van der Waals surface area contributed by atoms with Gasteiger partial charge < -0.3 is 14.2 Å². The molecular formula is C15H21N5O2. The number of aryl methyl sites for hydroxylation is 1. The average Bonchev–Trinajstić information content (AvgIpc) is 3.18. The number of carbonyl (C=O) groups excluding carboxylic acids is 1. The molecule has 0 aromatic carbocycles. The Balaban J connectivity index is 1.60. The molecule has 1 aliphatic heterocycles. The second-order valence-corrected chi connectivity index (χ2v) is 5.66. The summed E-state index contributed by atoms with van der Waals surface area (Å²) in [4.78, 5) is 18.6. The summed E-state index contributed by atoms with van der Waals surface area (Å²) in [6.45, 7) is 5.54. The molecule has 2 aromatic rings. The highest BCUT2D eigenvalue weighted by Crippen LogP contribution is 2.21. The molecule has 0 spiro atoms. The van der Waals surface area contributed by atoms with Gasteiger partial charge in [-0.25, -0.2) is 4.98 Å². The number of hydrogen-bond acceptors (Lipinski definition) is 4. The largest absolute Gasteiger partial charge is 0.366 e. The Bertz CT molecular complexity index is 622. The molecule has 0 saturated carbocycles. The summed E-state index contributed by atoms with van der Waals surface area (Å²) in [7, 11) is 0. The molecular weight excluding hydrogens is 282 g/mol. The number of rotatable bonds is 4. The lowest BCUT2D eigenvalue weighted by Crippen LogP contribution is -2.43. The maximum absolute atomic E-state index is 12.5. The number of carbonyl (C=O) groups is 1. The summed E-state index contributed by atoms with van der Waals surface area (Å²) in [5, 5.41) is 6.94. The van der Waals surface area contributed by atoms with E-state index in [1.807, 2.05) is 36.4 Å². The second kappa shape index (κ2) is 6.31. The number of H-pyrrole nitrogens is 1. The average molecular weight is 303 g/mol. The first-order valence-electron chi connectivity index (χ1n) is 7.54. The van der Waals surface area contributed by atoms with Crippen molar-refractivity contribution < 1.29 is 9.53 Å². The van der Waals surface area contributed by atoms with Crippen LogP contribution >= 0.6 is 0 Å². The highest BCUT2D eigenvalue weighted by atomic mass is 16.5. The molecule has 118 valence electrons. The molecule has 1 fully saturated rings. The number of nitrogens with one attached hydrogen (secondary N) is 1. The quantitative estimate of drug-likeness (QED) is 0.928. The molecule has 1 saturated heterocycles. The minimum absolute atomic E-state index is 0.141. The number of amides is 1. The van der Waals surface area contributed by atoms with Gasteiger partial charge in [0, 0.05) is 31.4 Å². The van der Waals surface area contributed by atoms with Crippen LogP contribution in [0.5, 0.6) is 0 Å². The number of aromatic nitrogens is 4. The van der Waals surface area contributed by atoms with Crippen LogP contribution in [-0.2, 0) is 9.53 Å². The fraction of sp³-hybridized carbons (Fsp3) is 0.533. The lowest BCUT2D eigenvalue weighted by molar-refractivity contribution is -0.140. The van der Waals surface area contributed by atoms with E-state index < -0.39 is 0 Å². The van der Waals surface area contributed by atoms with Gasteiger partial charge in [0.25, 0.3) is 0 Å². The SMILES string of the molecule is Cc1nc(C2CN(C(=O)CC(C)n3cccc3)CCO2)n[nH]1. The van der Waals surface area contributed by atoms with Crippen LogP contribution < -0.4 is 0 Å². The van der Waals surface area contributed by atoms with E-state index in [2.05, 4.69) is 26.7 Å². The van der Waals surface area contributed by atoms with E-state index in [0.717, 1.165) is 5.82 Å². The van der Waals surface area contributed by atoms with Crippen molar-refractivity contribution in [3.8, 4) is 0 Å². The van der Waals surface area contributed by atoms with Gasteiger partial charge >= 0.3 is 0 Å². The summed E-state index contributed by atoms with van der Waals surface area (Å²) in [5.41, 5.74) is 0. The molecule has 2 aromatic heterocycles. The predicted octanol–water partition coefficient (Wildman–Crippen LogP) is 1.47. The van der Waals surface area contributed by atoms with E-state index in [9.17, 15) is 4.79 Å². The summed E-state index contributed by atoms with van der Waals surface area (Å²) in [5.74, 6) is 1.51. The molecule has 1 aliphatic rings. The van der Waals surface area contributed by atoms with Gasteiger partial charge in [-0.05, 0) is 26.0 Å². The fourth-order valence-corrected chi connectivity index (χ4v) is 2.66. The molecule has 3 heterocycles. The fourth-order valence-electron chi connectivity index (χ4n) is 2.66. The van der Waals surface area contributed by atoms with Crippen LogP contribution in [0, 0.1) is 6.92 Å². The molecule has 7 nitrogen and oxygen atoms in total. The van der Waals surface area contributed by atoms with Crippen LogP contribution in [-0.4, -0.2) is 50.3 Å². The van der Waals surface area contributed by atoms with Crippen molar-refractivity contribution >= 4 is 5.91 Å². The normalized spacial score (nSPS) is 20.1. The Morgan fingerprint density at radius 1 is 1.50 bits per heavy atom. The Morgan fingerprint density at radius 2 is 2.27 bits per heavy atom. The van der Waals surface area contributed by atoms with E-state index in [4.69, 9.17) is 4.74 Å². The maximum Gasteiger partial charge on any atom is 0.224 e. The van der Waals surface area contributed by atoms with Crippen LogP contribution in [0.25, 0.3) is 0 Å². The minimum atomic E-state index is -0.246. The van der Waals surface area contributed by atoms with Crippen molar-refractivity contribution in [1.82, 2.24) is 24.6 Å². The first-order valence-corrected chi connectivity index (χ1v) is 7.54. The van der Waals surface area contributed by atoms with Crippen molar-refractivity contribution in [3.63, 3.8) is 0 Å². The molecule has 2 unspecified atom stereocenters. The molecule has 22 heavy (non-hydrogen) atoms. The van der Waals surface area contributed by atoms with Crippen LogP contribution in [0.15, 0.2) is 24.5 Å². The first kappa shape index (κ1) is 14.8. The predicted molar refractivity (Wildman–Crippen MR) is 80.2 cm³/mol. The Hall–Kier alpha value is -2.15. The highest BCUT2D eigenvalue weighted by molar-refractivity contribution is 5.76. The maximum atomic E-state index is 12.5. The monoisotopic (exact) mass is 303 g/mol. The number of nitrogens with zero attached hydrogens (tertiary/aromatic N) is 4. The van der Waals surface area contributed by atoms with Gasteiger partial charge in [0.2, 0.25) is 5.91 Å². The number of morpholine rings is 1. The van der Waals surface area contributed by atoms with Crippen molar-refractivity contribution in [2.24, 2.45) is 0 Å². The minimum Gasteiger partial charge on any atom is -0.366 e. The molecule has 1 amide bonds. The first-order chi connectivity index (χ1) is 10.6. The lowest BCUT2D eigenvalue weighted by atomic mass is 10.2. The zero-order valence-electron chi connectivity index (χ0n) is 12.9. The molecule has 0 bridgehead atoms. The van der Waals surface area contributed by atoms with Gasteiger partial charge in [-0.15, -0.1) is 0 Å². The molecule has 0 aliphatic carbocycles. The van der Waals surface area contributed by atoms with Gasteiger partial charge in [-0.1, -0.05) is 0 Å². The zero-order valence-corrected chi connectivity index (χ0v) is 12.9. The number of ether oxygens (including phenoxy) is 1. The third-order valence-corrected chi connectivity index (χ3v) is 3.93. The third kappa shape index (κ3) is 3.19. The van der Waals surface area contributed by atoms with Gasteiger partial charge in [0.15, 0.2) is 5.82 Å². The van der Waals surface area contributed by atoms with Crippen molar-refractivity contribution in [3.05, 3.63) is 36.2 Å². The van der Waals surface area contributed by atoms with Crippen LogP contribution in [0.4, 0.5) is 0 Å². The van der Waals surface area contributed by atoms with Crippen molar-refractivity contribution in [1.29, 1.82) is 0 Å². The van der Waals surface area contributed by atoms with E-state index >= 15 is 0 Å². The summed E-state index contributed by atoms with van der Waals surface area (Å²) < 4.78 is 7.74. The topological polar surface area (TPSA) is 76.0 Å². The molecule has 2 atom stereocenters. The van der Waals surface area contributed by atoms with Crippen molar-refractivity contribution in [2.75, 3.05) is 19.7 Å². The molecule has 0 radical (unpaired) electrons. The number of aromatic amines is 1. The molecule has 1 N–H and O–H groups in total. The summed E-state index contributed by atoms with van der Waals surface area (Å²) in [6.07, 6.45) is 4.20. The summed E-state index contributed by atoms with van der Waals surface area (Å²) >= 11 is 0. The van der Waals surface area contributed by atoms with Gasteiger partial charge in [-0.2, -0.15) is 5.10 Å². The van der Waals surface area contributed by atoms with E-state index in [-0.39, 0.29) is 18.1 Å². The zero-order chi connectivity index (χ0) is 15.5. The lowest BCUT2D eigenvalue weighted by Gasteiger charge is -2.32. The van der Waals surface area contributed by atoms with Gasteiger partial charge in [0.05, 0.1) is 13.2 Å². The van der Waals surface area contributed by atoms with E-state index in [0.29, 0.717) is 31.9 Å². The number of hydrogen-bond donors (Lipinski definition) is 1. The molecule has 3 rings (SSSR count). The van der Waals surface area contributed by atoms with E-state index in [1.165, 1.54) is 0 Å². The van der Waals surface area contributed by atoms with Gasteiger partial charge in [0.1, 0.15) is 11.9 Å². The highest BCUT2D eigenvalue weighted by Gasteiger charge is 2.28. The van der Waals surface area contributed by atoms with Crippen LogP contribution in [0.3, 0.4) is 0 Å². The standard InChI is InChI=1S/C15H21N5O2/c1-11(19-5-3-4-6-19)9-14(21)20-7-8-22-13(10-20)15-16-12(2)17-18-15/h3-6,11,13H,7-10H2,1-2H3,(H,16,17,18). The third-order valence-electron chi connectivity index (χ3n) is 3.93. The van der Waals surface area contributed by atoms with Gasteiger partial charge in [-0.3, -0.25) is 9.89 Å². The Labute approximate surface area is 129 Å². The Morgan fingerprint density at radius 3 is 2.95 bits per heavy atom. The molecule has 7 heteroatoms.